The predicted octanol–water partition coefficient (Wildman–Crippen LogP) is 3.06. The van der Waals surface area contributed by atoms with Crippen LogP contribution < -0.4 is 15.8 Å². The molecule has 0 aliphatic carbocycles. The van der Waals surface area contributed by atoms with Gasteiger partial charge in [-0.15, -0.1) is 0 Å². The van der Waals surface area contributed by atoms with E-state index >= 15 is 0 Å². The SMILES string of the molecule is Cc1cn([C@H]2C=C[C@@H](COP3(=O)OCc4cc(CCC(=O)OCOC(=O)C(C)(C)C)ccc4O3)O2)c(=O)[nH]c1=O. The number of esters is 2. The molecule has 13 nitrogen and oxygen atoms in total. The van der Waals surface area contributed by atoms with Crippen molar-refractivity contribution in [3.05, 3.63) is 74.1 Å². The summed E-state index contributed by atoms with van der Waals surface area (Å²) in [4.78, 5) is 49.6. The van der Waals surface area contributed by atoms with Crippen LogP contribution in [0.4, 0.5) is 0 Å². The number of fused-ring (bicyclic) bond motifs is 1. The molecule has 3 atom stereocenters. The van der Waals surface area contributed by atoms with E-state index in [1.165, 1.54) is 10.8 Å². The number of aryl methyl sites for hydroxylation is 2. The second kappa shape index (κ2) is 11.9. The zero-order valence-corrected chi connectivity index (χ0v) is 23.4. The fraction of sp³-hybridized carbons (Fsp3) is 0.462. The Labute approximate surface area is 229 Å². The third-order valence-electron chi connectivity index (χ3n) is 5.97. The second-order valence-electron chi connectivity index (χ2n) is 10.3. The first-order chi connectivity index (χ1) is 18.8. The monoisotopic (exact) mass is 578 g/mol. The van der Waals surface area contributed by atoms with Crippen molar-refractivity contribution in [2.24, 2.45) is 5.41 Å². The zero-order valence-electron chi connectivity index (χ0n) is 22.5. The van der Waals surface area contributed by atoms with Crippen molar-refractivity contribution in [2.75, 3.05) is 13.4 Å². The number of ether oxygens (including phenoxy) is 3. The van der Waals surface area contributed by atoms with Gasteiger partial charge in [0.2, 0.25) is 6.79 Å². The van der Waals surface area contributed by atoms with Crippen molar-refractivity contribution in [1.82, 2.24) is 9.55 Å². The van der Waals surface area contributed by atoms with Crippen LogP contribution in [0.1, 0.15) is 50.1 Å². The van der Waals surface area contributed by atoms with Gasteiger partial charge in [0.15, 0.2) is 6.23 Å². The van der Waals surface area contributed by atoms with Gasteiger partial charge in [-0.3, -0.25) is 33.0 Å². The van der Waals surface area contributed by atoms with Crippen LogP contribution >= 0.6 is 7.82 Å². The number of hydrogen-bond acceptors (Lipinski definition) is 11. The Morgan fingerprint density at radius 1 is 1.18 bits per heavy atom. The molecule has 1 unspecified atom stereocenters. The van der Waals surface area contributed by atoms with Crippen molar-refractivity contribution in [1.29, 1.82) is 0 Å². The number of aromatic nitrogens is 2. The van der Waals surface area contributed by atoms with Gasteiger partial charge in [0.05, 0.1) is 18.6 Å². The highest BCUT2D eigenvalue weighted by atomic mass is 31.2. The standard InChI is InChI=1S/C26H31N2O11P/c1-16-12-28(25(32)27-23(16)30)21-9-7-19(38-21)14-37-40(33)36-13-18-11-17(5-8-20(18)39-40)6-10-22(29)34-15-35-24(31)26(2,3)4/h5,7-9,11-12,19,21H,6,10,13-15H2,1-4H3,(H,27,30,32)/t19-,21+,40?/m0/s1. The molecule has 0 bridgehead atoms. The normalized spacial score (nSPS) is 21.9. The average molecular weight is 579 g/mol. The maximum atomic E-state index is 13.0. The Bertz CT molecular complexity index is 1470. The summed E-state index contributed by atoms with van der Waals surface area (Å²) in [6.07, 6.45) is 3.69. The van der Waals surface area contributed by atoms with Gasteiger partial charge >= 0.3 is 25.5 Å². The van der Waals surface area contributed by atoms with E-state index in [0.29, 0.717) is 23.3 Å². The van der Waals surface area contributed by atoms with Crippen LogP contribution in [0.5, 0.6) is 5.75 Å². The van der Waals surface area contributed by atoms with E-state index in [4.69, 9.17) is 27.8 Å². The summed E-state index contributed by atoms with van der Waals surface area (Å²) in [5.41, 5.74) is 0.00382. The minimum Gasteiger partial charge on any atom is -0.428 e. The predicted molar refractivity (Wildman–Crippen MR) is 139 cm³/mol. The van der Waals surface area contributed by atoms with E-state index in [0.717, 1.165) is 5.56 Å². The average Bonchev–Trinajstić information content (AvgIpc) is 3.37. The van der Waals surface area contributed by atoms with Gasteiger partial charge in [0.1, 0.15) is 11.9 Å². The maximum Gasteiger partial charge on any atom is 0.530 e. The molecule has 1 aromatic heterocycles. The summed E-state index contributed by atoms with van der Waals surface area (Å²) >= 11 is 0. The molecule has 2 aliphatic rings. The highest BCUT2D eigenvalue weighted by Crippen LogP contribution is 2.54. The molecule has 3 heterocycles. The fourth-order valence-electron chi connectivity index (χ4n) is 3.71. The fourth-order valence-corrected chi connectivity index (χ4v) is 4.94. The lowest BCUT2D eigenvalue weighted by atomic mass is 9.98. The van der Waals surface area contributed by atoms with Crippen molar-refractivity contribution in [3.63, 3.8) is 0 Å². The molecule has 0 amide bonds. The number of hydrogen-bond donors (Lipinski definition) is 1. The van der Waals surface area contributed by atoms with Crippen molar-refractivity contribution >= 4 is 19.8 Å². The number of phosphoric acid groups is 1. The molecule has 0 saturated heterocycles. The molecule has 0 fully saturated rings. The molecule has 0 radical (unpaired) electrons. The number of aromatic amines is 1. The van der Waals surface area contributed by atoms with Gasteiger partial charge in [-0.1, -0.05) is 12.1 Å². The van der Waals surface area contributed by atoms with Crippen LogP contribution in [0.25, 0.3) is 0 Å². The van der Waals surface area contributed by atoms with E-state index in [1.807, 2.05) is 0 Å². The third kappa shape index (κ3) is 7.36. The molecule has 0 saturated carbocycles. The zero-order chi connectivity index (χ0) is 29.1. The highest BCUT2D eigenvalue weighted by molar-refractivity contribution is 7.49. The van der Waals surface area contributed by atoms with Crippen LogP contribution in [0.15, 0.2) is 46.1 Å². The molecule has 216 valence electrons. The lowest BCUT2D eigenvalue weighted by molar-refractivity contribution is -0.173. The lowest BCUT2D eigenvalue weighted by Gasteiger charge is -2.26. The summed E-state index contributed by atoms with van der Waals surface area (Å²) in [6.45, 7) is 6.03. The molecule has 2 aliphatic heterocycles. The number of carbonyl (C=O) groups excluding carboxylic acids is 2. The van der Waals surface area contributed by atoms with Gasteiger partial charge in [-0.2, -0.15) is 0 Å². The second-order valence-corrected chi connectivity index (χ2v) is 11.9. The van der Waals surface area contributed by atoms with Gasteiger partial charge in [0, 0.05) is 23.7 Å². The molecule has 1 N–H and O–H groups in total. The van der Waals surface area contributed by atoms with Crippen LogP contribution in [-0.4, -0.2) is 41.0 Å². The molecule has 40 heavy (non-hydrogen) atoms. The van der Waals surface area contributed by atoms with Crippen LogP contribution in [0.3, 0.4) is 0 Å². The maximum absolute atomic E-state index is 13.0. The number of H-pyrrole nitrogens is 1. The van der Waals surface area contributed by atoms with E-state index < -0.39 is 55.6 Å². The smallest absolute Gasteiger partial charge is 0.428 e. The minimum atomic E-state index is -3.94. The Kier molecular flexibility index (Phi) is 8.79. The molecule has 0 spiro atoms. The lowest BCUT2D eigenvalue weighted by Crippen LogP contribution is -2.33. The first kappa shape index (κ1) is 29.5. The van der Waals surface area contributed by atoms with Gasteiger partial charge < -0.3 is 18.7 Å². The molecular formula is C26H31N2O11P. The van der Waals surface area contributed by atoms with Crippen molar-refractivity contribution < 1.29 is 41.9 Å². The van der Waals surface area contributed by atoms with E-state index in [-0.39, 0.29) is 19.6 Å². The van der Waals surface area contributed by atoms with Crippen molar-refractivity contribution in [2.45, 2.75) is 59.5 Å². The molecule has 1 aromatic carbocycles. The Morgan fingerprint density at radius 3 is 2.70 bits per heavy atom. The van der Waals surface area contributed by atoms with Crippen LogP contribution in [0.2, 0.25) is 0 Å². The van der Waals surface area contributed by atoms with E-state index in [9.17, 15) is 23.7 Å². The van der Waals surface area contributed by atoms with Crippen molar-refractivity contribution in [3.8, 4) is 5.75 Å². The first-order valence-electron chi connectivity index (χ1n) is 12.5. The van der Waals surface area contributed by atoms with Crippen LogP contribution in [0, 0.1) is 12.3 Å². The Morgan fingerprint density at radius 2 is 1.95 bits per heavy atom. The first-order valence-corrected chi connectivity index (χ1v) is 14.0. The van der Waals surface area contributed by atoms with Gasteiger partial charge in [-0.25, -0.2) is 9.36 Å². The summed E-state index contributed by atoms with van der Waals surface area (Å²) < 4.78 is 46.2. The molecule has 14 heteroatoms. The van der Waals surface area contributed by atoms with Gasteiger partial charge in [0.25, 0.3) is 5.56 Å². The quantitative estimate of drug-likeness (QED) is 0.201. The molecular weight excluding hydrogens is 547 g/mol. The third-order valence-corrected chi connectivity index (χ3v) is 7.31. The Hall–Kier alpha value is -3.51. The van der Waals surface area contributed by atoms with Gasteiger partial charge in [-0.05, 0) is 57.9 Å². The number of phosphoric ester groups is 1. The van der Waals surface area contributed by atoms with E-state index in [1.54, 1.807) is 58.0 Å². The van der Waals surface area contributed by atoms with E-state index in [2.05, 4.69) is 4.98 Å². The molecule has 4 rings (SSSR count). The van der Waals surface area contributed by atoms with Crippen LogP contribution in [-0.2, 0) is 50.4 Å². The minimum absolute atomic E-state index is 0.0380. The largest absolute Gasteiger partial charge is 0.530 e. The number of benzene rings is 1. The summed E-state index contributed by atoms with van der Waals surface area (Å²) in [5, 5.41) is 0. The number of carbonyl (C=O) groups is 2. The summed E-state index contributed by atoms with van der Waals surface area (Å²) in [5.74, 6) is -0.660. The highest BCUT2D eigenvalue weighted by Gasteiger charge is 2.36. The number of nitrogens with zero attached hydrogens (tertiary/aromatic N) is 1. The topological polar surface area (TPSA) is 161 Å². The number of rotatable bonds is 9. The Balaban J connectivity index is 1.24. The number of nitrogens with one attached hydrogen (secondary N) is 1. The summed E-state index contributed by atoms with van der Waals surface area (Å²) in [7, 11) is -3.94. The summed E-state index contributed by atoms with van der Waals surface area (Å²) in [6, 6.07) is 5.11. The molecule has 2 aromatic rings.